The summed E-state index contributed by atoms with van der Waals surface area (Å²) < 4.78 is 5.02. The molecule has 2 nitrogen and oxygen atoms in total. The number of nitrogens with zero attached hydrogens (tertiary/aromatic N) is 2. The van der Waals surface area contributed by atoms with E-state index in [9.17, 15) is 0 Å². The maximum Gasteiger partial charge on any atom is 0.0616 e. The highest BCUT2D eigenvalue weighted by Crippen LogP contribution is 2.47. The molecular formula is C50H42N2S. The quantitative estimate of drug-likeness (QED) is 0.157. The van der Waals surface area contributed by atoms with Crippen LogP contribution in [0.15, 0.2) is 155 Å². The lowest BCUT2D eigenvalue weighted by atomic mass is 9.91. The molecule has 3 heteroatoms. The van der Waals surface area contributed by atoms with E-state index in [1.807, 2.05) is 11.8 Å². The number of thioether (sulfide) groups is 1. The van der Waals surface area contributed by atoms with E-state index >= 15 is 0 Å². The van der Waals surface area contributed by atoms with Gasteiger partial charge in [-0.3, -0.25) is 0 Å². The van der Waals surface area contributed by atoms with Gasteiger partial charge in [-0.25, -0.2) is 0 Å². The third-order valence-electron chi connectivity index (χ3n) is 11.2. The van der Waals surface area contributed by atoms with Gasteiger partial charge in [0.15, 0.2) is 0 Å². The van der Waals surface area contributed by atoms with E-state index in [1.165, 1.54) is 101 Å². The average molecular weight is 703 g/mol. The maximum atomic E-state index is 2.52. The van der Waals surface area contributed by atoms with Crippen LogP contribution >= 0.6 is 11.8 Å². The first-order valence-electron chi connectivity index (χ1n) is 19.2. The second-order valence-corrected chi connectivity index (χ2v) is 15.7. The molecule has 3 aliphatic carbocycles. The van der Waals surface area contributed by atoms with Gasteiger partial charge in [0.05, 0.1) is 22.4 Å². The number of aryl methyl sites for hydroxylation is 1. The second kappa shape index (κ2) is 13.5. The van der Waals surface area contributed by atoms with E-state index in [4.69, 9.17) is 0 Å². The Morgan fingerprint density at radius 3 is 2.47 bits per heavy atom. The van der Waals surface area contributed by atoms with Gasteiger partial charge >= 0.3 is 0 Å². The fraction of sp³-hybridized carbons (Fsp3) is 0.160. The van der Waals surface area contributed by atoms with Gasteiger partial charge < -0.3 is 9.13 Å². The third-order valence-corrected chi connectivity index (χ3v) is 12.3. The van der Waals surface area contributed by atoms with Crippen LogP contribution in [0.5, 0.6) is 0 Å². The van der Waals surface area contributed by atoms with Gasteiger partial charge in [-0.1, -0.05) is 122 Å². The lowest BCUT2D eigenvalue weighted by molar-refractivity contribution is 0.794. The average Bonchev–Trinajstić information content (AvgIpc) is 3.47. The zero-order valence-electron chi connectivity index (χ0n) is 30.1. The Hall–Kier alpha value is -5.51. The molecule has 0 saturated heterocycles. The monoisotopic (exact) mass is 702 g/mol. The molecule has 2 aromatic heterocycles. The van der Waals surface area contributed by atoms with E-state index in [0.29, 0.717) is 0 Å². The van der Waals surface area contributed by atoms with Gasteiger partial charge in [-0.05, 0) is 115 Å². The Bertz CT molecular complexity index is 2660. The van der Waals surface area contributed by atoms with Gasteiger partial charge in [0.2, 0.25) is 0 Å². The van der Waals surface area contributed by atoms with Crippen molar-refractivity contribution in [2.45, 2.75) is 56.3 Å². The van der Waals surface area contributed by atoms with Gasteiger partial charge in [0, 0.05) is 49.0 Å². The zero-order chi connectivity index (χ0) is 35.3. The smallest absolute Gasteiger partial charge is 0.0616 e. The summed E-state index contributed by atoms with van der Waals surface area (Å²) in [6.45, 7) is 2.27. The number of rotatable bonds is 6. The molecule has 1 aliphatic heterocycles. The summed E-state index contributed by atoms with van der Waals surface area (Å²) in [5.74, 6) is 0.158. The van der Waals surface area contributed by atoms with Crippen LogP contribution in [-0.4, -0.2) is 9.13 Å². The molecule has 0 spiro atoms. The van der Waals surface area contributed by atoms with Crippen molar-refractivity contribution in [2.24, 2.45) is 0 Å². The van der Waals surface area contributed by atoms with Crippen molar-refractivity contribution < 1.29 is 0 Å². The van der Waals surface area contributed by atoms with E-state index in [0.717, 1.165) is 25.7 Å². The number of allylic oxidation sites excluding steroid dienone is 10. The Morgan fingerprint density at radius 1 is 0.717 bits per heavy atom. The molecule has 1 atom stereocenters. The third kappa shape index (κ3) is 5.57. The van der Waals surface area contributed by atoms with Crippen molar-refractivity contribution in [3.05, 3.63) is 190 Å². The molecule has 0 saturated carbocycles. The number of hydrogen-bond donors (Lipinski definition) is 0. The molecule has 0 radical (unpaired) electrons. The number of para-hydroxylation sites is 2. The molecular weight excluding hydrogens is 661 g/mol. The first-order valence-corrected chi connectivity index (χ1v) is 20.0. The molecule has 0 amide bonds. The van der Waals surface area contributed by atoms with Crippen LogP contribution in [0.4, 0.5) is 0 Å². The number of benzene rings is 4. The molecule has 4 aromatic carbocycles. The predicted octanol–water partition coefficient (Wildman–Crippen LogP) is 13.5. The highest BCUT2D eigenvalue weighted by molar-refractivity contribution is 8.03. The first kappa shape index (κ1) is 32.2. The summed E-state index contributed by atoms with van der Waals surface area (Å²) in [6.07, 6.45) is 32.3. The van der Waals surface area contributed by atoms with Crippen molar-refractivity contribution >= 4 is 57.0 Å². The van der Waals surface area contributed by atoms with Gasteiger partial charge in [0.25, 0.3) is 0 Å². The van der Waals surface area contributed by atoms with Crippen molar-refractivity contribution in [1.29, 1.82) is 0 Å². The van der Waals surface area contributed by atoms with E-state index < -0.39 is 0 Å². The Labute approximate surface area is 316 Å². The Kier molecular flexibility index (Phi) is 8.18. The lowest BCUT2D eigenvalue weighted by Gasteiger charge is -2.23. The fourth-order valence-electron chi connectivity index (χ4n) is 8.75. The van der Waals surface area contributed by atoms with Crippen LogP contribution in [-0.2, 0) is 12.8 Å². The van der Waals surface area contributed by atoms with Crippen molar-refractivity contribution in [1.82, 2.24) is 9.13 Å². The SMILES string of the molecule is CCCCc1cccc(-n2c3c(c4ccccc42)C=CCC=C3c2ccc3c(c2)C2C=C(C=CC(n4c5c(c6ccccc64)C/C=C\C/C=C\5)=C2)S3)c1. The standard InChI is InChI=1S/C50H42N2S/c1-2-3-15-34-16-14-17-37(30-34)52-48-25-13-11-21-43(48)44-22-9-8-18-40(50(44)52)35-26-29-49-45(33-35)36-31-38(27-28-39(32-36)53-49)51-46-23-7-5-4-6-19-41(46)42-20-10-12-24-47(42)51/h4,6-7,9-14,16-18,20-33,36H,2-3,5,8,15,19H2,1H3/b6-4-,23-7-. The van der Waals surface area contributed by atoms with Crippen LogP contribution in [0.1, 0.15) is 77.7 Å². The second-order valence-electron chi connectivity index (χ2n) is 14.5. The molecule has 2 bridgehead atoms. The van der Waals surface area contributed by atoms with Gasteiger partial charge in [-0.2, -0.15) is 0 Å². The number of fused-ring (bicyclic) bond motifs is 9. The topological polar surface area (TPSA) is 9.86 Å². The molecule has 0 N–H and O–H groups in total. The number of aromatic nitrogens is 2. The normalized spacial score (nSPS) is 18.5. The molecule has 0 fully saturated rings. The number of hydrogen-bond acceptors (Lipinski definition) is 1. The molecule has 258 valence electrons. The summed E-state index contributed by atoms with van der Waals surface area (Å²) >= 11 is 1.89. The summed E-state index contributed by atoms with van der Waals surface area (Å²) in [4.78, 5) is 2.65. The Balaban J connectivity index is 1.12. The van der Waals surface area contributed by atoms with Crippen LogP contribution in [0.3, 0.4) is 0 Å². The molecule has 10 rings (SSSR count). The van der Waals surface area contributed by atoms with Crippen LogP contribution in [0, 0.1) is 0 Å². The zero-order valence-corrected chi connectivity index (χ0v) is 31.0. The minimum absolute atomic E-state index is 0.158. The minimum Gasteiger partial charge on any atom is -0.310 e. The first-order chi connectivity index (χ1) is 26.2. The van der Waals surface area contributed by atoms with E-state index in [-0.39, 0.29) is 5.92 Å². The van der Waals surface area contributed by atoms with Gasteiger partial charge in [0.1, 0.15) is 0 Å². The minimum atomic E-state index is 0.158. The fourth-order valence-corrected chi connectivity index (χ4v) is 9.81. The summed E-state index contributed by atoms with van der Waals surface area (Å²) in [6, 6.07) is 34.3. The number of unbranched alkanes of at least 4 members (excludes halogenated alkanes) is 1. The van der Waals surface area contributed by atoms with Crippen molar-refractivity contribution in [3.8, 4) is 5.69 Å². The van der Waals surface area contributed by atoms with Crippen LogP contribution in [0.2, 0.25) is 0 Å². The van der Waals surface area contributed by atoms with Crippen LogP contribution < -0.4 is 0 Å². The highest BCUT2D eigenvalue weighted by Gasteiger charge is 2.27. The molecule has 1 unspecified atom stereocenters. The largest absolute Gasteiger partial charge is 0.310 e. The van der Waals surface area contributed by atoms with Crippen molar-refractivity contribution in [2.75, 3.05) is 0 Å². The summed E-state index contributed by atoms with van der Waals surface area (Å²) in [5, 5.41) is 2.64. The van der Waals surface area contributed by atoms with Gasteiger partial charge in [-0.15, -0.1) is 0 Å². The van der Waals surface area contributed by atoms with Crippen molar-refractivity contribution in [3.63, 3.8) is 0 Å². The van der Waals surface area contributed by atoms with E-state index in [1.54, 1.807) is 0 Å². The molecule has 53 heavy (non-hydrogen) atoms. The molecule has 4 aliphatic rings. The van der Waals surface area contributed by atoms with Crippen LogP contribution in [0.25, 0.3) is 50.9 Å². The highest BCUT2D eigenvalue weighted by atomic mass is 32.2. The molecule has 3 heterocycles. The Morgan fingerprint density at radius 2 is 1.57 bits per heavy atom. The lowest BCUT2D eigenvalue weighted by Crippen LogP contribution is -2.05. The summed E-state index contributed by atoms with van der Waals surface area (Å²) in [7, 11) is 0. The van der Waals surface area contributed by atoms with E-state index in [2.05, 4.69) is 174 Å². The predicted molar refractivity (Wildman–Crippen MR) is 228 cm³/mol. The molecule has 6 aromatic rings. The summed E-state index contributed by atoms with van der Waals surface area (Å²) in [5.41, 5.74) is 15.6. The maximum absolute atomic E-state index is 2.52.